The van der Waals surface area contributed by atoms with Crippen molar-refractivity contribution in [2.24, 2.45) is 0 Å². The number of hydrogen-bond donors (Lipinski definition) is 0. The summed E-state index contributed by atoms with van der Waals surface area (Å²) in [6, 6.07) is 7.59. The van der Waals surface area contributed by atoms with Crippen molar-refractivity contribution in [2.45, 2.75) is 26.4 Å². The van der Waals surface area contributed by atoms with E-state index in [0.717, 1.165) is 34.8 Å². The van der Waals surface area contributed by atoms with E-state index < -0.39 is 0 Å². The molecule has 0 spiro atoms. The number of aryl methyl sites for hydroxylation is 2. The van der Waals surface area contributed by atoms with Crippen LogP contribution in [0.3, 0.4) is 0 Å². The number of hydrogen-bond acceptors (Lipinski definition) is 7. The molecule has 0 unspecified atom stereocenters. The number of amides is 1. The molecule has 4 aromatic heterocycles. The molecule has 1 aliphatic heterocycles. The number of rotatable bonds is 4. The highest BCUT2D eigenvalue weighted by Gasteiger charge is 2.29. The van der Waals surface area contributed by atoms with Crippen molar-refractivity contribution in [3.63, 3.8) is 0 Å². The Hall–Kier alpha value is -3.59. The predicted molar refractivity (Wildman–Crippen MR) is 111 cm³/mol. The zero-order chi connectivity index (χ0) is 21.4. The molecule has 1 aliphatic rings. The minimum atomic E-state index is -0.322. The molecule has 9 heteroatoms. The molecule has 1 fully saturated rings. The second-order valence-electron chi connectivity index (χ2n) is 7.42. The van der Waals surface area contributed by atoms with Crippen LogP contribution in [-0.2, 0) is 11.2 Å². The van der Waals surface area contributed by atoms with Gasteiger partial charge in [0.15, 0.2) is 5.65 Å². The van der Waals surface area contributed by atoms with E-state index in [4.69, 9.17) is 14.2 Å². The summed E-state index contributed by atoms with van der Waals surface area (Å²) >= 11 is 0. The van der Waals surface area contributed by atoms with Gasteiger partial charge >= 0.3 is 0 Å². The standard InChI is InChI=1S/C22H22N6O3/c1-3-18-20(14(2)26-31-18)17-7-4-6-16(25-17)19-13-27(10-11-30-19)22(29)15-12-24-28-9-5-8-23-21(15)28/h4-9,12,19H,3,10-11,13H2,1-2H3/t19-/m1/s1. The Morgan fingerprint density at radius 1 is 1.29 bits per heavy atom. The Labute approximate surface area is 178 Å². The van der Waals surface area contributed by atoms with Crippen LogP contribution in [-0.4, -0.2) is 55.2 Å². The van der Waals surface area contributed by atoms with Gasteiger partial charge in [0, 0.05) is 25.4 Å². The van der Waals surface area contributed by atoms with Gasteiger partial charge in [0.25, 0.3) is 5.91 Å². The monoisotopic (exact) mass is 418 g/mol. The summed E-state index contributed by atoms with van der Waals surface area (Å²) in [4.78, 5) is 24.1. The molecular formula is C22H22N6O3. The minimum Gasteiger partial charge on any atom is -0.368 e. The van der Waals surface area contributed by atoms with Crippen molar-refractivity contribution in [1.29, 1.82) is 0 Å². The van der Waals surface area contributed by atoms with Gasteiger partial charge in [-0.05, 0) is 25.1 Å². The summed E-state index contributed by atoms with van der Waals surface area (Å²) in [5.41, 5.74) is 4.33. The number of ether oxygens (including phenoxy) is 1. The van der Waals surface area contributed by atoms with Crippen LogP contribution in [0.1, 0.15) is 40.5 Å². The lowest BCUT2D eigenvalue weighted by Gasteiger charge is -2.32. The molecule has 0 aliphatic carbocycles. The summed E-state index contributed by atoms with van der Waals surface area (Å²) in [6.45, 7) is 5.28. The Morgan fingerprint density at radius 2 is 2.19 bits per heavy atom. The third-order valence-electron chi connectivity index (χ3n) is 5.47. The first-order valence-electron chi connectivity index (χ1n) is 10.3. The lowest BCUT2D eigenvalue weighted by Crippen LogP contribution is -2.42. The molecule has 158 valence electrons. The number of morpholine rings is 1. The van der Waals surface area contributed by atoms with E-state index in [9.17, 15) is 4.79 Å². The van der Waals surface area contributed by atoms with Gasteiger partial charge in [-0.3, -0.25) is 4.79 Å². The highest BCUT2D eigenvalue weighted by Crippen LogP contribution is 2.29. The third-order valence-corrected chi connectivity index (χ3v) is 5.47. The SMILES string of the molecule is CCc1onc(C)c1-c1cccc([C@H]2CN(C(=O)c3cnn4cccnc34)CCO2)n1. The summed E-state index contributed by atoms with van der Waals surface area (Å²) in [5.74, 6) is 0.699. The largest absolute Gasteiger partial charge is 0.368 e. The molecule has 1 amide bonds. The lowest BCUT2D eigenvalue weighted by molar-refractivity contribution is -0.0246. The quantitative estimate of drug-likeness (QED) is 0.502. The van der Waals surface area contributed by atoms with Crippen molar-refractivity contribution in [3.8, 4) is 11.3 Å². The zero-order valence-electron chi connectivity index (χ0n) is 17.4. The maximum absolute atomic E-state index is 13.2. The zero-order valence-corrected chi connectivity index (χ0v) is 17.4. The van der Waals surface area contributed by atoms with Crippen LogP contribution < -0.4 is 0 Å². The Balaban J connectivity index is 1.41. The summed E-state index contributed by atoms with van der Waals surface area (Å²) in [5, 5.41) is 8.31. The molecule has 5 rings (SSSR count). The molecule has 0 aromatic carbocycles. The fourth-order valence-electron chi connectivity index (χ4n) is 3.92. The maximum atomic E-state index is 13.2. The fourth-order valence-corrected chi connectivity index (χ4v) is 3.92. The van der Waals surface area contributed by atoms with Gasteiger partial charge in [0.1, 0.15) is 17.4 Å². The van der Waals surface area contributed by atoms with Crippen LogP contribution in [0.2, 0.25) is 0 Å². The Bertz CT molecular complexity index is 1250. The van der Waals surface area contributed by atoms with Crippen molar-refractivity contribution in [3.05, 3.63) is 65.6 Å². The number of aromatic nitrogens is 5. The van der Waals surface area contributed by atoms with Crippen LogP contribution >= 0.6 is 0 Å². The topological polar surface area (TPSA) is 98.7 Å². The van der Waals surface area contributed by atoms with E-state index >= 15 is 0 Å². The van der Waals surface area contributed by atoms with Crippen LogP contribution in [0.4, 0.5) is 0 Å². The average molecular weight is 418 g/mol. The Morgan fingerprint density at radius 3 is 3.06 bits per heavy atom. The normalized spacial score (nSPS) is 16.7. The highest BCUT2D eigenvalue weighted by atomic mass is 16.5. The molecule has 4 aromatic rings. The predicted octanol–water partition coefficient (Wildman–Crippen LogP) is 2.86. The van der Waals surface area contributed by atoms with E-state index in [0.29, 0.717) is 30.9 Å². The van der Waals surface area contributed by atoms with Crippen molar-refractivity contribution in [1.82, 2.24) is 29.6 Å². The molecule has 0 radical (unpaired) electrons. The first-order chi connectivity index (χ1) is 15.2. The highest BCUT2D eigenvalue weighted by molar-refractivity contribution is 5.99. The van der Waals surface area contributed by atoms with Gasteiger partial charge in [-0.1, -0.05) is 18.1 Å². The average Bonchev–Trinajstić information content (AvgIpc) is 3.42. The van der Waals surface area contributed by atoms with Gasteiger partial charge in [-0.15, -0.1) is 0 Å². The lowest BCUT2D eigenvalue weighted by atomic mass is 10.1. The van der Waals surface area contributed by atoms with Gasteiger partial charge in [0.05, 0.1) is 42.0 Å². The molecule has 0 bridgehead atoms. The molecular weight excluding hydrogens is 396 g/mol. The van der Waals surface area contributed by atoms with Gasteiger partial charge < -0.3 is 14.2 Å². The van der Waals surface area contributed by atoms with Gasteiger partial charge in [-0.25, -0.2) is 14.5 Å². The molecule has 5 heterocycles. The first-order valence-corrected chi connectivity index (χ1v) is 10.3. The summed E-state index contributed by atoms with van der Waals surface area (Å²) in [6.07, 6.45) is 5.40. The minimum absolute atomic E-state index is 0.110. The van der Waals surface area contributed by atoms with Crippen molar-refractivity contribution in [2.75, 3.05) is 19.7 Å². The van der Waals surface area contributed by atoms with E-state index in [2.05, 4.69) is 15.2 Å². The molecule has 1 saturated heterocycles. The first kappa shape index (κ1) is 19.4. The molecule has 0 N–H and O–H groups in total. The molecule has 31 heavy (non-hydrogen) atoms. The van der Waals surface area contributed by atoms with Crippen LogP contribution in [0.15, 0.2) is 47.4 Å². The van der Waals surface area contributed by atoms with E-state index in [1.165, 1.54) is 0 Å². The number of carbonyl (C=O) groups is 1. The van der Waals surface area contributed by atoms with Crippen molar-refractivity contribution >= 4 is 11.6 Å². The van der Waals surface area contributed by atoms with Crippen LogP contribution in [0.25, 0.3) is 16.9 Å². The number of carbonyl (C=O) groups excluding carboxylic acids is 1. The fraction of sp³-hybridized carbons (Fsp3) is 0.318. The number of pyridine rings is 1. The summed E-state index contributed by atoms with van der Waals surface area (Å²) in [7, 11) is 0. The number of fused-ring (bicyclic) bond motifs is 1. The van der Waals surface area contributed by atoms with Crippen LogP contribution in [0.5, 0.6) is 0 Å². The van der Waals surface area contributed by atoms with E-state index in [1.54, 1.807) is 34.1 Å². The smallest absolute Gasteiger partial charge is 0.259 e. The van der Waals surface area contributed by atoms with E-state index in [-0.39, 0.29) is 12.0 Å². The van der Waals surface area contributed by atoms with Crippen molar-refractivity contribution < 1.29 is 14.1 Å². The molecule has 1 atom stereocenters. The Kier molecular flexibility index (Phi) is 4.95. The molecule has 9 nitrogen and oxygen atoms in total. The van der Waals surface area contributed by atoms with Crippen LogP contribution in [0, 0.1) is 6.92 Å². The van der Waals surface area contributed by atoms with Gasteiger partial charge in [-0.2, -0.15) is 5.10 Å². The third kappa shape index (κ3) is 3.46. The second-order valence-corrected chi connectivity index (χ2v) is 7.42. The molecule has 0 saturated carbocycles. The summed E-state index contributed by atoms with van der Waals surface area (Å²) < 4.78 is 13.0. The maximum Gasteiger partial charge on any atom is 0.259 e. The van der Waals surface area contributed by atoms with E-state index in [1.807, 2.05) is 32.0 Å². The van der Waals surface area contributed by atoms with Gasteiger partial charge in [0.2, 0.25) is 0 Å². The number of nitrogens with zero attached hydrogens (tertiary/aromatic N) is 6. The second kappa shape index (κ2) is 7.92.